The lowest BCUT2D eigenvalue weighted by molar-refractivity contribution is -0.154. The molecule has 4 aliphatic carbocycles. The molecule has 9 atom stereocenters. The van der Waals surface area contributed by atoms with Gasteiger partial charge in [-0.05, 0) is 95.8 Å². The molecular formula is C29H51OS+. The number of hydrogen-bond acceptors (Lipinski definition) is 1. The van der Waals surface area contributed by atoms with Gasteiger partial charge in [0.25, 0.3) is 0 Å². The van der Waals surface area contributed by atoms with Gasteiger partial charge >= 0.3 is 0 Å². The monoisotopic (exact) mass is 447 g/mol. The minimum absolute atomic E-state index is 0.304. The van der Waals surface area contributed by atoms with Crippen LogP contribution in [-0.2, 0) is 15.7 Å². The van der Waals surface area contributed by atoms with Crippen molar-refractivity contribution < 1.29 is 4.79 Å². The van der Waals surface area contributed by atoms with Crippen LogP contribution in [0.4, 0.5) is 0 Å². The first-order valence-electron chi connectivity index (χ1n) is 13.7. The van der Waals surface area contributed by atoms with E-state index in [0.29, 0.717) is 39.3 Å². The first-order chi connectivity index (χ1) is 14.6. The van der Waals surface area contributed by atoms with Crippen molar-refractivity contribution in [3.05, 3.63) is 0 Å². The molecule has 31 heavy (non-hydrogen) atoms. The molecule has 0 aliphatic heterocycles. The zero-order valence-corrected chi connectivity index (χ0v) is 22.5. The Kier molecular flexibility index (Phi) is 7.01. The lowest BCUT2D eigenvalue weighted by atomic mass is 9.44. The maximum Gasteiger partial charge on any atom is 0.137 e. The van der Waals surface area contributed by atoms with Crippen molar-refractivity contribution in [3.8, 4) is 0 Å². The fraction of sp³-hybridized carbons (Fsp3) is 0.966. The zero-order chi connectivity index (χ0) is 22.6. The summed E-state index contributed by atoms with van der Waals surface area (Å²) in [4.78, 5) is 13.6. The van der Waals surface area contributed by atoms with Gasteiger partial charge in [-0.25, -0.2) is 0 Å². The second-order valence-electron chi connectivity index (χ2n) is 13.4. The van der Waals surface area contributed by atoms with Gasteiger partial charge in [0.05, 0.1) is 12.5 Å². The SMILES string of the molecule is CC(C)CCC[C@@H](C)[C@H]1CC[C@H]2[C@@H]3CC(=O)C4CC([S+](C)C)CC[C@]4(C)[C@H]3CC[C@]12C. The van der Waals surface area contributed by atoms with Crippen molar-refractivity contribution in [3.63, 3.8) is 0 Å². The van der Waals surface area contributed by atoms with E-state index in [4.69, 9.17) is 0 Å². The second-order valence-corrected chi connectivity index (χ2v) is 15.8. The minimum Gasteiger partial charge on any atom is -0.299 e. The number of fused-ring (bicyclic) bond motifs is 5. The third-order valence-corrected chi connectivity index (χ3v) is 13.0. The summed E-state index contributed by atoms with van der Waals surface area (Å²) >= 11 is 0. The number of hydrogen-bond donors (Lipinski definition) is 0. The van der Waals surface area contributed by atoms with E-state index in [1.54, 1.807) is 0 Å². The van der Waals surface area contributed by atoms with E-state index >= 15 is 0 Å². The molecule has 4 fully saturated rings. The summed E-state index contributed by atoms with van der Waals surface area (Å²) < 4.78 is 0. The fourth-order valence-corrected chi connectivity index (χ4v) is 10.6. The minimum atomic E-state index is 0.304. The molecule has 0 spiro atoms. The Balaban J connectivity index is 1.49. The smallest absolute Gasteiger partial charge is 0.137 e. The van der Waals surface area contributed by atoms with E-state index in [9.17, 15) is 4.79 Å². The Morgan fingerprint density at radius 1 is 0.935 bits per heavy atom. The standard InChI is InChI=1S/C29H51OS/c1-19(2)9-8-10-20(3)23-11-12-24-22-18-27(30)26-17-21(31(6)7)13-15-29(26,5)25(22)14-16-28(23,24)4/h19-26H,8-18H2,1-7H3/q+1/t20-,21?,22+,23-,24+,25+,26?,28-,29-/m1/s1. The summed E-state index contributed by atoms with van der Waals surface area (Å²) in [7, 11) is 0.460. The highest BCUT2D eigenvalue weighted by Crippen LogP contribution is 2.68. The van der Waals surface area contributed by atoms with E-state index in [0.717, 1.165) is 41.3 Å². The van der Waals surface area contributed by atoms with Gasteiger partial charge in [0.2, 0.25) is 0 Å². The van der Waals surface area contributed by atoms with Crippen LogP contribution >= 0.6 is 0 Å². The van der Waals surface area contributed by atoms with Crippen LogP contribution in [0.25, 0.3) is 0 Å². The predicted octanol–water partition coefficient (Wildman–Crippen LogP) is 7.53. The highest BCUT2D eigenvalue weighted by Gasteiger charge is 2.63. The van der Waals surface area contributed by atoms with Gasteiger partial charge in [-0.3, -0.25) is 4.79 Å². The summed E-state index contributed by atoms with van der Waals surface area (Å²) in [6.45, 7) is 12.5. The summed E-state index contributed by atoms with van der Waals surface area (Å²) in [5.74, 6) is 5.95. The van der Waals surface area contributed by atoms with Gasteiger partial charge in [-0.1, -0.05) is 53.9 Å². The average Bonchev–Trinajstić information content (AvgIpc) is 3.05. The molecule has 0 aromatic carbocycles. The van der Waals surface area contributed by atoms with Crippen molar-refractivity contribution in [2.24, 2.45) is 52.3 Å². The number of carbonyl (C=O) groups is 1. The molecule has 0 N–H and O–H groups in total. The quantitative estimate of drug-likeness (QED) is 0.384. The van der Waals surface area contributed by atoms with Gasteiger partial charge < -0.3 is 0 Å². The Labute approximate surface area is 196 Å². The molecule has 0 heterocycles. The molecule has 4 rings (SSSR count). The van der Waals surface area contributed by atoms with Crippen LogP contribution in [0.15, 0.2) is 0 Å². The number of Topliss-reactive ketones (excluding diaryl/α,β-unsaturated/α-hetero) is 1. The number of carbonyl (C=O) groups excluding carboxylic acids is 1. The molecule has 0 saturated heterocycles. The molecule has 178 valence electrons. The van der Waals surface area contributed by atoms with Crippen LogP contribution in [0.1, 0.15) is 105 Å². The summed E-state index contributed by atoms with van der Waals surface area (Å²) in [6.07, 6.45) is 19.5. The number of rotatable bonds is 6. The van der Waals surface area contributed by atoms with Gasteiger partial charge in [0.15, 0.2) is 0 Å². The molecule has 0 radical (unpaired) electrons. The van der Waals surface area contributed by atoms with E-state index in [1.807, 2.05) is 0 Å². The Bertz CT molecular complexity index is 655. The lowest BCUT2D eigenvalue weighted by Gasteiger charge is -2.60. The molecule has 4 saturated carbocycles. The molecule has 1 nitrogen and oxygen atoms in total. The molecule has 2 unspecified atom stereocenters. The molecule has 0 aromatic rings. The fourth-order valence-electron chi connectivity index (χ4n) is 9.46. The largest absolute Gasteiger partial charge is 0.299 e. The normalized spacial score (nSPS) is 46.0. The molecule has 4 aliphatic rings. The third kappa shape index (κ3) is 4.19. The Hall–Kier alpha value is 0.0200. The summed E-state index contributed by atoms with van der Waals surface area (Å²) in [6, 6.07) is 0. The van der Waals surface area contributed by atoms with Crippen molar-refractivity contribution in [2.75, 3.05) is 12.5 Å². The van der Waals surface area contributed by atoms with Crippen molar-refractivity contribution in [2.45, 2.75) is 110 Å². The van der Waals surface area contributed by atoms with Gasteiger partial charge in [0.1, 0.15) is 11.0 Å². The van der Waals surface area contributed by atoms with Crippen molar-refractivity contribution in [1.82, 2.24) is 0 Å². The lowest BCUT2D eigenvalue weighted by Crippen LogP contribution is -2.57. The highest BCUT2D eigenvalue weighted by atomic mass is 32.2. The van der Waals surface area contributed by atoms with E-state index in [-0.39, 0.29) is 0 Å². The van der Waals surface area contributed by atoms with Crippen LogP contribution in [0.3, 0.4) is 0 Å². The summed E-state index contributed by atoms with van der Waals surface area (Å²) in [5, 5.41) is 0.801. The Morgan fingerprint density at radius 2 is 1.61 bits per heavy atom. The molecular weight excluding hydrogens is 396 g/mol. The molecule has 2 heteroatoms. The maximum atomic E-state index is 13.6. The Morgan fingerprint density at radius 3 is 2.29 bits per heavy atom. The molecule has 0 amide bonds. The van der Waals surface area contributed by atoms with Crippen LogP contribution in [0.5, 0.6) is 0 Å². The van der Waals surface area contributed by atoms with Crippen LogP contribution in [0, 0.1) is 52.3 Å². The van der Waals surface area contributed by atoms with Crippen LogP contribution < -0.4 is 0 Å². The van der Waals surface area contributed by atoms with Crippen LogP contribution in [-0.4, -0.2) is 23.5 Å². The van der Waals surface area contributed by atoms with Crippen LogP contribution in [0.2, 0.25) is 0 Å². The van der Waals surface area contributed by atoms with E-state index in [1.165, 1.54) is 64.2 Å². The average molecular weight is 448 g/mol. The number of ketones is 1. The van der Waals surface area contributed by atoms with E-state index < -0.39 is 0 Å². The van der Waals surface area contributed by atoms with Gasteiger partial charge in [-0.15, -0.1) is 0 Å². The third-order valence-electron chi connectivity index (χ3n) is 11.3. The van der Waals surface area contributed by atoms with Gasteiger partial charge in [0, 0.05) is 18.8 Å². The molecule has 0 aromatic heterocycles. The first-order valence-corrected chi connectivity index (χ1v) is 15.8. The van der Waals surface area contributed by atoms with Gasteiger partial charge in [-0.2, -0.15) is 0 Å². The highest BCUT2D eigenvalue weighted by molar-refractivity contribution is 7.96. The topological polar surface area (TPSA) is 17.1 Å². The summed E-state index contributed by atoms with van der Waals surface area (Å²) in [5.41, 5.74) is 0.802. The van der Waals surface area contributed by atoms with E-state index in [2.05, 4.69) is 47.1 Å². The first kappa shape index (κ1) is 24.2. The van der Waals surface area contributed by atoms with Crippen molar-refractivity contribution in [1.29, 1.82) is 0 Å². The van der Waals surface area contributed by atoms with Crippen molar-refractivity contribution >= 4 is 16.7 Å². The molecule has 0 bridgehead atoms. The zero-order valence-electron chi connectivity index (χ0n) is 21.7. The second kappa shape index (κ2) is 8.99. The predicted molar refractivity (Wildman–Crippen MR) is 136 cm³/mol. The maximum absolute atomic E-state index is 13.6.